The van der Waals surface area contributed by atoms with Crippen molar-refractivity contribution in [2.45, 2.75) is 19.9 Å². The van der Waals surface area contributed by atoms with Crippen LogP contribution in [0, 0.1) is 5.92 Å². The van der Waals surface area contributed by atoms with Gasteiger partial charge in [0.1, 0.15) is 0 Å². The molecule has 3 N–H and O–H groups in total. The van der Waals surface area contributed by atoms with Crippen molar-refractivity contribution in [3.63, 3.8) is 0 Å². The van der Waals surface area contributed by atoms with E-state index >= 15 is 0 Å². The number of nitrogens with zero attached hydrogens (tertiary/aromatic N) is 1. The van der Waals surface area contributed by atoms with Crippen LogP contribution in [-0.4, -0.2) is 24.7 Å². The van der Waals surface area contributed by atoms with E-state index in [0.717, 1.165) is 16.6 Å². The summed E-state index contributed by atoms with van der Waals surface area (Å²) < 4.78 is 5.27. The van der Waals surface area contributed by atoms with Gasteiger partial charge in [0.2, 0.25) is 0 Å². The molecule has 1 unspecified atom stereocenters. The molecule has 2 aromatic rings. The molecule has 0 aliphatic heterocycles. The van der Waals surface area contributed by atoms with Crippen LogP contribution in [0.1, 0.15) is 13.8 Å². The number of ether oxygens (including phenoxy) is 1. The van der Waals surface area contributed by atoms with Crippen molar-refractivity contribution in [1.29, 1.82) is 0 Å². The summed E-state index contributed by atoms with van der Waals surface area (Å²) in [5.41, 5.74) is 8.62. The third-order valence-corrected chi connectivity index (χ3v) is 3.29. The molecule has 4 nitrogen and oxygen atoms in total. The molecule has 1 atom stereocenters. The maximum atomic E-state index is 6.07. The van der Waals surface area contributed by atoms with Crippen molar-refractivity contribution < 1.29 is 4.74 Å². The van der Waals surface area contributed by atoms with Crippen LogP contribution in [-0.2, 0) is 4.74 Å². The molecule has 0 aliphatic rings. The standard InChI is InChI=1S/C15H21N3O/c1-10(2)14(9-19-3)18-15-11-6-4-5-7-13(11)17-8-12(15)16/h4-8,10,14H,9,16H2,1-3H3,(H,17,18). The fourth-order valence-corrected chi connectivity index (χ4v) is 2.08. The molecule has 1 aromatic carbocycles. The second kappa shape index (κ2) is 5.89. The number of rotatable bonds is 5. The van der Waals surface area contributed by atoms with Gasteiger partial charge in [0.15, 0.2) is 0 Å². The summed E-state index contributed by atoms with van der Waals surface area (Å²) >= 11 is 0. The van der Waals surface area contributed by atoms with Gasteiger partial charge in [0.05, 0.1) is 35.7 Å². The van der Waals surface area contributed by atoms with Crippen molar-refractivity contribution in [2.24, 2.45) is 5.92 Å². The van der Waals surface area contributed by atoms with E-state index in [1.165, 1.54) is 0 Å². The summed E-state index contributed by atoms with van der Waals surface area (Å²) in [7, 11) is 1.71. The first-order valence-corrected chi connectivity index (χ1v) is 6.52. The average Bonchev–Trinajstić information content (AvgIpc) is 2.40. The number of benzene rings is 1. The number of methoxy groups -OCH3 is 1. The number of fused-ring (bicyclic) bond motifs is 1. The van der Waals surface area contributed by atoms with Crippen molar-refractivity contribution in [2.75, 3.05) is 24.8 Å². The lowest BCUT2D eigenvalue weighted by atomic mass is 10.0. The number of nitrogens with two attached hydrogens (primary N) is 1. The number of hydrogen-bond donors (Lipinski definition) is 2. The predicted octanol–water partition coefficient (Wildman–Crippen LogP) is 2.90. The van der Waals surface area contributed by atoms with Gasteiger partial charge >= 0.3 is 0 Å². The van der Waals surface area contributed by atoms with E-state index in [9.17, 15) is 0 Å². The maximum Gasteiger partial charge on any atom is 0.0743 e. The fraction of sp³-hybridized carbons (Fsp3) is 0.400. The molecule has 19 heavy (non-hydrogen) atoms. The van der Waals surface area contributed by atoms with E-state index in [2.05, 4.69) is 24.1 Å². The van der Waals surface area contributed by atoms with Gasteiger partial charge in [-0.05, 0) is 12.0 Å². The lowest BCUT2D eigenvalue weighted by molar-refractivity contribution is 0.171. The molecule has 0 radical (unpaired) electrons. The maximum absolute atomic E-state index is 6.07. The minimum atomic E-state index is 0.220. The number of nitrogens with one attached hydrogen (secondary N) is 1. The lowest BCUT2D eigenvalue weighted by Gasteiger charge is -2.24. The van der Waals surface area contributed by atoms with Gasteiger partial charge in [-0.3, -0.25) is 4.98 Å². The quantitative estimate of drug-likeness (QED) is 0.866. The van der Waals surface area contributed by atoms with Gasteiger partial charge < -0.3 is 15.8 Å². The summed E-state index contributed by atoms with van der Waals surface area (Å²) in [6.45, 7) is 4.97. The Kier molecular flexibility index (Phi) is 4.22. The van der Waals surface area contributed by atoms with Gasteiger partial charge in [0, 0.05) is 12.5 Å². The van der Waals surface area contributed by atoms with Crippen LogP contribution in [0.5, 0.6) is 0 Å². The summed E-state index contributed by atoms with van der Waals surface area (Å²) in [5, 5.41) is 4.55. The summed E-state index contributed by atoms with van der Waals surface area (Å²) in [5.74, 6) is 0.450. The highest BCUT2D eigenvalue weighted by Gasteiger charge is 2.16. The van der Waals surface area contributed by atoms with E-state index in [-0.39, 0.29) is 6.04 Å². The zero-order valence-electron chi connectivity index (χ0n) is 11.7. The van der Waals surface area contributed by atoms with Crippen molar-refractivity contribution in [3.8, 4) is 0 Å². The summed E-state index contributed by atoms with van der Waals surface area (Å²) in [6, 6.07) is 8.21. The first kappa shape index (κ1) is 13.6. The van der Waals surface area contributed by atoms with Crippen LogP contribution in [0.25, 0.3) is 10.9 Å². The molecule has 0 fully saturated rings. The Labute approximate surface area is 114 Å². The molecule has 0 saturated carbocycles. The van der Waals surface area contributed by atoms with Gasteiger partial charge in [-0.2, -0.15) is 0 Å². The first-order valence-electron chi connectivity index (χ1n) is 6.52. The summed E-state index contributed by atoms with van der Waals surface area (Å²) in [6.07, 6.45) is 1.70. The number of anilines is 2. The van der Waals surface area contributed by atoms with Crippen LogP contribution in [0.3, 0.4) is 0 Å². The molecule has 0 bridgehead atoms. The van der Waals surface area contributed by atoms with Gasteiger partial charge in [-0.15, -0.1) is 0 Å². The number of hydrogen-bond acceptors (Lipinski definition) is 4. The molecule has 2 rings (SSSR count). The molecule has 0 saturated heterocycles. The topological polar surface area (TPSA) is 60.2 Å². The van der Waals surface area contributed by atoms with Crippen molar-refractivity contribution in [3.05, 3.63) is 30.5 Å². The highest BCUT2D eigenvalue weighted by atomic mass is 16.5. The number of pyridine rings is 1. The monoisotopic (exact) mass is 259 g/mol. The normalized spacial score (nSPS) is 12.8. The Morgan fingerprint density at radius 1 is 1.32 bits per heavy atom. The van der Waals surface area contributed by atoms with Crippen LogP contribution in [0.15, 0.2) is 30.5 Å². The van der Waals surface area contributed by atoms with Crippen LogP contribution >= 0.6 is 0 Å². The minimum Gasteiger partial charge on any atom is -0.396 e. The van der Waals surface area contributed by atoms with Crippen LogP contribution in [0.2, 0.25) is 0 Å². The lowest BCUT2D eigenvalue weighted by Crippen LogP contribution is -2.30. The fourth-order valence-electron chi connectivity index (χ4n) is 2.08. The Morgan fingerprint density at radius 3 is 2.74 bits per heavy atom. The first-order chi connectivity index (χ1) is 9.13. The Bertz CT molecular complexity index is 554. The van der Waals surface area contributed by atoms with E-state index in [1.807, 2.05) is 24.3 Å². The SMILES string of the molecule is COCC(Nc1c(N)cnc2ccccc12)C(C)C. The Hall–Kier alpha value is -1.81. The molecular weight excluding hydrogens is 238 g/mol. The van der Waals surface area contributed by atoms with E-state index < -0.39 is 0 Å². The van der Waals surface area contributed by atoms with Gasteiger partial charge in [-0.25, -0.2) is 0 Å². The molecule has 4 heteroatoms. The molecule has 102 valence electrons. The smallest absolute Gasteiger partial charge is 0.0743 e. The second-order valence-corrected chi connectivity index (χ2v) is 5.06. The predicted molar refractivity (Wildman–Crippen MR) is 80.3 cm³/mol. The molecule has 1 aromatic heterocycles. The highest BCUT2D eigenvalue weighted by molar-refractivity contribution is 5.96. The third kappa shape index (κ3) is 2.96. The van der Waals surface area contributed by atoms with Gasteiger partial charge in [-0.1, -0.05) is 32.0 Å². The Balaban J connectivity index is 2.40. The number of nitrogen functional groups attached to an aromatic ring is 1. The molecule has 0 spiro atoms. The molecule has 0 amide bonds. The number of aromatic nitrogens is 1. The highest BCUT2D eigenvalue weighted by Crippen LogP contribution is 2.29. The largest absolute Gasteiger partial charge is 0.396 e. The van der Waals surface area contributed by atoms with Crippen molar-refractivity contribution >= 4 is 22.3 Å². The van der Waals surface area contributed by atoms with Crippen LogP contribution < -0.4 is 11.1 Å². The van der Waals surface area contributed by atoms with Gasteiger partial charge in [0.25, 0.3) is 0 Å². The Morgan fingerprint density at radius 2 is 2.05 bits per heavy atom. The average molecular weight is 259 g/mol. The number of para-hydroxylation sites is 1. The van der Waals surface area contributed by atoms with E-state index in [0.29, 0.717) is 18.2 Å². The third-order valence-electron chi connectivity index (χ3n) is 3.29. The van der Waals surface area contributed by atoms with Crippen LogP contribution in [0.4, 0.5) is 11.4 Å². The molecule has 1 heterocycles. The minimum absolute atomic E-state index is 0.220. The second-order valence-electron chi connectivity index (χ2n) is 5.06. The van der Waals surface area contributed by atoms with Crippen molar-refractivity contribution in [1.82, 2.24) is 4.98 Å². The summed E-state index contributed by atoms with van der Waals surface area (Å²) in [4.78, 5) is 4.34. The zero-order valence-corrected chi connectivity index (χ0v) is 11.7. The molecule has 0 aliphatic carbocycles. The zero-order chi connectivity index (χ0) is 13.8. The van der Waals surface area contributed by atoms with E-state index in [1.54, 1.807) is 13.3 Å². The van der Waals surface area contributed by atoms with E-state index in [4.69, 9.17) is 10.5 Å². The molecular formula is C15H21N3O.